The Bertz CT molecular complexity index is 1060. The highest BCUT2D eigenvalue weighted by Gasteiger charge is 2.60. The van der Waals surface area contributed by atoms with Crippen molar-refractivity contribution >= 4 is 40.8 Å². The van der Waals surface area contributed by atoms with Gasteiger partial charge in [-0.2, -0.15) is 0 Å². The Morgan fingerprint density at radius 3 is 2.49 bits per heavy atom. The van der Waals surface area contributed by atoms with E-state index in [9.17, 15) is 9.59 Å². The maximum absolute atomic E-state index is 12.9. The predicted octanol–water partition coefficient (Wildman–Crippen LogP) is 5.81. The highest BCUT2D eigenvalue weighted by atomic mass is 35.5. The van der Waals surface area contributed by atoms with Gasteiger partial charge < -0.3 is 19.7 Å². The smallest absolute Gasteiger partial charge is 0.344 e. The van der Waals surface area contributed by atoms with Crippen LogP contribution in [0.4, 0.5) is 5.69 Å². The summed E-state index contributed by atoms with van der Waals surface area (Å²) in [5.74, 6) is 3.65. The molecule has 0 bridgehead atoms. The third kappa shape index (κ3) is 5.66. The lowest BCUT2D eigenvalue weighted by atomic mass is 9.47. The predicted molar refractivity (Wildman–Crippen MR) is 155 cm³/mol. The first kappa shape index (κ1) is 28.6. The molecule has 0 unspecified atom stereocenters. The Morgan fingerprint density at radius 2 is 1.77 bits per heavy atom. The molecule has 3 saturated carbocycles. The largest absolute Gasteiger partial charge is 0.482 e. The van der Waals surface area contributed by atoms with Crippen LogP contribution in [-0.2, 0) is 14.3 Å². The number of ether oxygens (including phenoxy) is 2. The maximum atomic E-state index is 12.9. The fourth-order valence-electron chi connectivity index (χ4n) is 8.40. The molecule has 214 valence electrons. The Balaban J connectivity index is 1.18. The summed E-state index contributed by atoms with van der Waals surface area (Å²) in [7, 11) is 0. The van der Waals surface area contributed by atoms with Gasteiger partial charge in [-0.15, -0.1) is 23.2 Å². The van der Waals surface area contributed by atoms with Crippen LogP contribution in [0.3, 0.4) is 0 Å². The highest BCUT2D eigenvalue weighted by molar-refractivity contribution is 6.18. The van der Waals surface area contributed by atoms with Gasteiger partial charge >= 0.3 is 5.97 Å². The zero-order valence-electron chi connectivity index (χ0n) is 23.2. The van der Waals surface area contributed by atoms with Crippen molar-refractivity contribution in [1.29, 1.82) is 0 Å². The molecule has 6 nitrogen and oxygen atoms in total. The monoisotopic (exact) mass is 576 g/mol. The molecule has 1 heterocycles. The topological polar surface area (TPSA) is 67.9 Å². The molecule has 0 aromatic heterocycles. The van der Waals surface area contributed by atoms with Crippen LogP contribution in [0.25, 0.3) is 0 Å². The van der Waals surface area contributed by atoms with E-state index in [0.717, 1.165) is 57.4 Å². The van der Waals surface area contributed by atoms with Crippen LogP contribution in [0.1, 0.15) is 52.4 Å². The first-order valence-corrected chi connectivity index (χ1v) is 15.6. The molecule has 1 aromatic carbocycles. The van der Waals surface area contributed by atoms with Crippen molar-refractivity contribution in [2.45, 2.75) is 58.5 Å². The number of halogens is 2. The molecule has 39 heavy (non-hydrogen) atoms. The van der Waals surface area contributed by atoms with Crippen LogP contribution in [0, 0.1) is 34.5 Å². The van der Waals surface area contributed by atoms with Gasteiger partial charge in [0, 0.05) is 42.5 Å². The number of nitrogens with one attached hydrogen (secondary N) is 1. The van der Waals surface area contributed by atoms with Gasteiger partial charge in [-0.25, -0.2) is 4.79 Å². The van der Waals surface area contributed by atoms with Gasteiger partial charge in [-0.1, -0.05) is 19.9 Å². The first-order chi connectivity index (χ1) is 18.8. The maximum Gasteiger partial charge on any atom is 0.344 e. The van der Waals surface area contributed by atoms with E-state index >= 15 is 0 Å². The molecular formula is C31H42Cl2N2O4. The summed E-state index contributed by atoms with van der Waals surface area (Å²) in [6.45, 7) is 6.83. The van der Waals surface area contributed by atoms with Crippen molar-refractivity contribution in [2.75, 3.05) is 42.9 Å². The Kier molecular flexibility index (Phi) is 8.73. The molecule has 1 N–H and O–H groups in total. The van der Waals surface area contributed by atoms with Crippen LogP contribution in [0.15, 0.2) is 36.4 Å². The minimum absolute atomic E-state index is 0.00150. The van der Waals surface area contributed by atoms with Crippen LogP contribution in [0.2, 0.25) is 0 Å². The number of allylic oxidation sites excluding steroid dienone is 1. The first-order valence-electron chi connectivity index (χ1n) is 14.5. The van der Waals surface area contributed by atoms with Gasteiger partial charge in [0.1, 0.15) is 11.9 Å². The van der Waals surface area contributed by atoms with Crippen molar-refractivity contribution in [3.05, 3.63) is 36.4 Å². The molecule has 3 fully saturated rings. The Morgan fingerprint density at radius 1 is 1.03 bits per heavy atom. The van der Waals surface area contributed by atoms with E-state index in [1.165, 1.54) is 6.42 Å². The number of hydrogen-bond acceptors (Lipinski definition) is 5. The minimum Gasteiger partial charge on any atom is -0.482 e. The van der Waals surface area contributed by atoms with E-state index < -0.39 is 0 Å². The second-order valence-electron chi connectivity index (χ2n) is 12.3. The van der Waals surface area contributed by atoms with E-state index in [1.54, 1.807) is 6.08 Å². The number of benzene rings is 1. The standard InChI is InChI=1S/C31H42Cl2N2O4/c1-30-14-12-28(36)34-19-21(30)3-8-24-25-9-10-27(31(25,2)13-11-26(24)30)39-29(37)20-38-23-6-4-22(5-7-23)35(17-15-32)18-16-33/h4-7,12,14,21,24-27H,3,8-11,13,15-20H2,1-2H3,(H,34,36)/t21-,24+,25-,26+,27-,30-,31-/m0/s1. The molecule has 0 spiro atoms. The van der Waals surface area contributed by atoms with Gasteiger partial charge in [0.2, 0.25) is 5.91 Å². The number of fused-ring (bicyclic) bond motifs is 5. The number of anilines is 1. The van der Waals surface area contributed by atoms with Crippen LogP contribution < -0.4 is 15.0 Å². The minimum atomic E-state index is -0.300. The van der Waals surface area contributed by atoms with Gasteiger partial charge in [0.05, 0.1) is 0 Å². The van der Waals surface area contributed by atoms with E-state index in [2.05, 4.69) is 30.1 Å². The van der Waals surface area contributed by atoms with E-state index in [1.807, 2.05) is 24.3 Å². The third-order valence-electron chi connectivity index (χ3n) is 10.5. The SMILES string of the molecule is C[C@]12C=CC(=O)NC[C@@H]1CC[C@H]1[C@H]2CC[C@]2(C)[C@@H](OC(=O)COc3ccc(N(CCCl)CCCl)cc3)CC[C@@H]12. The normalized spacial score (nSPS) is 35.2. The number of alkyl halides is 2. The lowest BCUT2D eigenvalue weighted by molar-refractivity contribution is -0.163. The highest BCUT2D eigenvalue weighted by Crippen LogP contribution is 2.64. The number of hydrogen-bond donors (Lipinski definition) is 1. The summed E-state index contributed by atoms with van der Waals surface area (Å²) >= 11 is 11.8. The zero-order valence-corrected chi connectivity index (χ0v) is 24.7. The van der Waals surface area contributed by atoms with Gasteiger partial charge in [-0.05, 0) is 98.0 Å². The summed E-state index contributed by atoms with van der Waals surface area (Å²) in [6, 6.07) is 7.67. The molecule has 0 radical (unpaired) electrons. The Hall–Kier alpha value is -1.92. The number of carbonyl (C=O) groups is 2. The average molecular weight is 578 g/mol. The van der Waals surface area contributed by atoms with E-state index in [4.69, 9.17) is 32.7 Å². The Labute approximate surface area is 242 Å². The van der Waals surface area contributed by atoms with Gasteiger partial charge in [0.25, 0.3) is 0 Å². The molecule has 5 rings (SSSR count). The fourth-order valence-corrected chi connectivity index (χ4v) is 8.81. The molecule has 4 aliphatic rings. The van der Waals surface area contributed by atoms with E-state index in [-0.39, 0.29) is 35.4 Å². The second kappa shape index (κ2) is 11.9. The molecule has 1 amide bonds. The summed E-state index contributed by atoms with van der Waals surface area (Å²) < 4.78 is 11.9. The van der Waals surface area contributed by atoms with Crippen LogP contribution in [0.5, 0.6) is 5.75 Å². The van der Waals surface area contributed by atoms with Crippen LogP contribution in [-0.4, -0.2) is 56.0 Å². The van der Waals surface area contributed by atoms with Gasteiger partial charge in [0.15, 0.2) is 6.61 Å². The van der Waals surface area contributed by atoms with Crippen molar-refractivity contribution in [3.8, 4) is 5.75 Å². The molecule has 1 aromatic rings. The fraction of sp³-hybridized carbons (Fsp3) is 0.677. The van der Waals surface area contributed by atoms with Crippen molar-refractivity contribution in [1.82, 2.24) is 5.32 Å². The van der Waals surface area contributed by atoms with Crippen LogP contribution >= 0.6 is 23.2 Å². The summed E-state index contributed by atoms with van der Waals surface area (Å²) in [6.07, 6.45) is 10.4. The molecular weight excluding hydrogens is 535 g/mol. The average Bonchev–Trinajstić information content (AvgIpc) is 3.17. The number of rotatable bonds is 9. The summed E-state index contributed by atoms with van der Waals surface area (Å²) in [5.41, 5.74) is 1.07. The zero-order chi connectivity index (χ0) is 27.6. The van der Waals surface area contributed by atoms with E-state index in [0.29, 0.717) is 41.2 Å². The molecule has 3 aliphatic carbocycles. The molecule has 0 saturated heterocycles. The number of carbonyl (C=O) groups excluding carboxylic acids is 2. The molecule has 8 heteroatoms. The quantitative estimate of drug-likeness (QED) is 0.297. The number of amides is 1. The molecule has 1 aliphatic heterocycles. The van der Waals surface area contributed by atoms with Crippen molar-refractivity contribution < 1.29 is 19.1 Å². The van der Waals surface area contributed by atoms with Crippen molar-refractivity contribution in [3.63, 3.8) is 0 Å². The van der Waals surface area contributed by atoms with Gasteiger partial charge in [-0.3, -0.25) is 4.79 Å². The number of nitrogens with zero attached hydrogens (tertiary/aromatic N) is 1. The lowest BCUT2D eigenvalue weighted by Crippen LogP contribution is -2.53. The second-order valence-corrected chi connectivity index (χ2v) is 13.1. The summed E-state index contributed by atoms with van der Waals surface area (Å²) in [5, 5.41) is 3.08. The molecule has 7 atom stereocenters. The summed E-state index contributed by atoms with van der Waals surface area (Å²) in [4.78, 5) is 27.1. The lowest BCUT2D eigenvalue weighted by Gasteiger charge is -2.57. The van der Waals surface area contributed by atoms with Crippen molar-refractivity contribution in [2.24, 2.45) is 34.5 Å². The third-order valence-corrected chi connectivity index (χ3v) is 10.9. The number of esters is 1.